The Morgan fingerprint density at radius 1 is 1.10 bits per heavy atom. The molecule has 0 aromatic heterocycles. The monoisotopic (exact) mass is 497 g/mol. The number of rotatable bonds is 8. The third-order valence-corrected chi connectivity index (χ3v) is 5.01. The number of nitriles is 1. The summed E-state index contributed by atoms with van der Waals surface area (Å²) in [6, 6.07) is 21.7. The highest BCUT2D eigenvalue weighted by atomic mass is 79.9. The first-order chi connectivity index (χ1) is 15.1. The van der Waals surface area contributed by atoms with Gasteiger partial charge in [-0.3, -0.25) is 4.79 Å². The third-order valence-electron chi connectivity index (χ3n) is 4.08. The van der Waals surface area contributed by atoms with Crippen molar-refractivity contribution >= 4 is 39.7 Å². The molecule has 0 fully saturated rings. The first kappa shape index (κ1) is 22.3. The number of carbonyl (C=O) groups excluding carboxylic acids is 1. The number of nitrogens with one attached hydrogen (secondary N) is 1. The van der Waals surface area contributed by atoms with Crippen LogP contribution in [-0.2, 0) is 11.4 Å². The number of hydrogen-bond acceptors (Lipinski definition) is 5. The van der Waals surface area contributed by atoms with E-state index in [1.54, 1.807) is 48.5 Å². The molecule has 31 heavy (non-hydrogen) atoms. The van der Waals surface area contributed by atoms with Gasteiger partial charge in [0.05, 0.1) is 27.3 Å². The number of carbonyl (C=O) groups is 1. The lowest BCUT2D eigenvalue weighted by Gasteiger charge is -2.10. The van der Waals surface area contributed by atoms with Crippen molar-refractivity contribution in [3.63, 3.8) is 0 Å². The van der Waals surface area contributed by atoms with Crippen LogP contribution in [0.4, 0.5) is 0 Å². The van der Waals surface area contributed by atoms with Gasteiger partial charge >= 0.3 is 0 Å². The highest BCUT2D eigenvalue weighted by Crippen LogP contribution is 2.27. The van der Waals surface area contributed by atoms with Crippen molar-refractivity contribution < 1.29 is 14.3 Å². The highest BCUT2D eigenvalue weighted by molar-refractivity contribution is 9.10. The molecular weight excluding hydrogens is 482 g/mol. The summed E-state index contributed by atoms with van der Waals surface area (Å²) in [5.74, 6) is 0.647. The molecule has 6 nitrogen and oxygen atoms in total. The van der Waals surface area contributed by atoms with Crippen molar-refractivity contribution in [1.29, 1.82) is 5.26 Å². The molecule has 0 saturated heterocycles. The normalized spacial score (nSPS) is 10.5. The van der Waals surface area contributed by atoms with Gasteiger partial charge in [-0.25, -0.2) is 5.43 Å². The zero-order chi connectivity index (χ0) is 22.1. The molecule has 1 N–H and O–H groups in total. The van der Waals surface area contributed by atoms with Crippen LogP contribution in [0.2, 0.25) is 5.02 Å². The van der Waals surface area contributed by atoms with Crippen molar-refractivity contribution in [3.8, 4) is 17.6 Å². The fourth-order valence-electron chi connectivity index (χ4n) is 2.54. The molecule has 0 unspecified atom stereocenters. The van der Waals surface area contributed by atoms with Crippen LogP contribution in [0.15, 0.2) is 76.3 Å². The first-order valence-electron chi connectivity index (χ1n) is 9.16. The number of ether oxygens (including phenoxy) is 2. The van der Waals surface area contributed by atoms with E-state index < -0.39 is 5.91 Å². The first-order valence-corrected chi connectivity index (χ1v) is 10.3. The number of amides is 1. The summed E-state index contributed by atoms with van der Waals surface area (Å²) in [6.07, 6.45) is 1.51. The Labute approximate surface area is 193 Å². The minimum Gasteiger partial charge on any atom is -0.488 e. The average Bonchev–Trinajstić information content (AvgIpc) is 2.78. The smallest absolute Gasteiger partial charge is 0.277 e. The average molecular weight is 499 g/mol. The standard InChI is InChI=1S/C23H17BrClN3O3/c24-19-11-16(9-10-21(19)30-14-18-6-2-1-5-17(18)12-26)13-27-28-23(29)15-31-22-8-4-3-7-20(22)25/h1-11,13H,14-15H2,(H,28,29)/b27-13-. The van der Waals surface area contributed by atoms with E-state index in [9.17, 15) is 4.79 Å². The molecule has 0 heterocycles. The van der Waals surface area contributed by atoms with Crippen LogP contribution < -0.4 is 14.9 Å². The molecule has 0 atom stereocenters. The molecule has 0 saturated carbocycles. The molecule has 0 aliphatic rings. The molecule has 0 bridgehead atoms. The van der Waals surface area contributed by atoms with Crippen molar-refractivity contribution in [1.82, 2.24) is 5.43 Å². The Morgan fingerprint density at radius 2 is 1.87 bits per heavy atom. The molecular formula is C23H17BrClN3O3. The second-order valence-electron chi connectivity index (χ2n) is 6.26. The third kappa shape index (κ3) is 6.57. The Morgan fingerprint density at radius 3 is 2.65 bits per heavy atom. The SMILES string of the molecule is N#Cc1ccccc1COc1ccc(/C=N\NC(=O)COc2ccccc2Cl)cc1Br. The van der Waals surface area contributed by atoms with E-state index in [1.807, 2.05) is 18.2 Å². The van der Waals surface area contributed by atoms with Crippen LogP contribution in [0.3, 0.4) is 0 Å². The van der Waals surface area contributed by atoms with Crippen molar-refractivity contribution in [2.75, 3.05) is 6.61 Å². The van der Waals surface area contributed by atoms with Crippen LogP contribution in [-0.4, -0.2) is 18.7 Å². The van der Waals surface area contributed by atoms with Gasteiger partial charge in [0, 0.05) is 5.56 Å². The Balaban J connectivity index is 1.51. The summed E-state index contributed by atoms with van der Waals surface area (Å²) in [7, 11) is 0. The fraction of sp³-hybridized carbons (Fsp3) is 0.0870. The van der Waals surface area contributed by atoms with E-state index in [0.717, 1.165) is 15.6 Å². The molecule has 3 rings (SSSR count). The van der Waals surface area contributed by atoms with E-state index in [4.69, 9.17) is 26.3 Å². The second-order valence-corrected chi connectivity index (χ2v) is 7.52. The lowest BCUT2D eigenvalue weighted by molar-refractivity contribution is -0.123. The molecule has 0 aliphatic heterocycles. The maximum atomic E-state index is 11.9. The van der Waals surface area contributed by atoms with Crippen LogP contribution in [0.5, 0.6) is 11.5 Å². The number of hydrazone groups is 1. The van der Waals surface area contributed by atoms with E-state index >= 15 is 0 Å². The van der Waals surface area contributed by atoms with E-state index in [2.05, 4.69) is 32.5 Å². The molecule has 0 aliphatic carbocycles. The minimum absolute atomic E-state index is 0.207. The lowest BCUT2D eigenvalue weighted by atomic mass is 10.1. The van der Waals surface area contributed by atoms with Crippen molar-refractivity contribution in [2.45, 2.75) is 6.61 Å². The van der Waals surface area contributed by atoms with Crippen LogP contribution in [0.1, 0.15) is 16.7 Å². The van der Waals surface area contributed by atoms with Gasteiger partial charge in [0.2, 0.25) is 0 Å². The Hall–Kier alpha value is -3.34. The zero-order valence-corrected chi connectivity index (χ0v) is 18.6. The summed E-state index contributed by atoms with van der Waals surface area (Å²) in [4.78, 5) is 11.9. The number of nitrogens with zero attached hydrogens (tertiary/aromatic N) is 2. The molecule has 3 aromatic carbocycles. The van der Waals surface area contributed by atoms with Gasteiger partial charge < -0.3 is 9.47 Å². The van der Waals surface area contributed by atoms with Crippen LogP contribution in [0, 0.1) is 11.3 Å². The van der Waals surface area contributed by atoms with Gasteiger partial charge in [0.1, 0.15) is 18.1 Å². The van der Waals surface area contributed by atoms with E-state index in [1.165, 1.54) is 6.21 Å². The summed E-state index contributed by atoms with van der Waals surface area (Å²) < 4.78 is 11.9. The Bertz CT molecular complexity index is 1140. The molecule has 3 aromatic rings. The quantitative estimate of drug-likeness (QED) is 0.347. The summed E-state index contributed by atoms with van der Waals surface area (Å²) in [6.45, 7) is 0.0684. The fourth-order valence-corrected chi connectivity index (χ4v) is 3.24. The highest BCUT2D eigenvalue weighted by Gasteiger charge is 2.06. The maximum absolute atomic E-state index is 11.9. The number of benzene rings is 3. The number of para-hydroxylation sites is 1. The van der Waals surface area contributed by atoms with Crippen molar-refractivity contribution in [3.05, 3.63) is 92.9 Å². The predicted octanol–water partition coefficient (Wildman–Crippen LogP) is 5.08. The molecule has 1 amide bonds. The number of halogens is 2. The minimum atomic E-state index is -0.411. The van der Waals surface area contributed by atoms with E-state index in [0.29, 0.717) is 22.1 Å². The molecule has 0 radical (unpaired) electrons. The lowest BCUT2D eigenvalue weighted by Crippen LogP contribution is -2.24. The summed E-state index contributed by atoms with van der Waals surface area (Å²) in [5, 5.41) is 13.5. The largest absolute Gasteiger partial charge is 0.488 e. The van der Waals surface area contributed by atoms with Gasteiger partial charge in [-0.2, -0.15) is 10.4 Å². The van der Waals surface area contributed by atoms with E-state index in [-0.39, 0.29) is 13.2 Å². The van der Waals surface area contributed by atoms with Gasteiger partial charge in [0.15, 0.2) is 6.61 Å². The van der Waals surface area contributed by atoms with Gasteiger partial charge in [0.25, 0.3) is 5.91 Å². The zero-order valence-electron chi connectivity index (χ0n) is 16.2. The molecule has 0 spiro atoms. The maximum Gasteiger partial charge on any atom is 0.277 e. The predicted molar refractivity (Wildman–Crippen MR) is 122 cm³/mol. The van der Waals surface area contributed by atoms with Gasteiger partial charge in [-0.05, 0) is 57.9 Å². The number of hydrogen-bond donors (Lipinski definition) is 1. The Kier molecular flexibility index (Phi) is 8.05. The van der Waals surface area contributed by atoms with Gasteiger partial charge in [-0.1, -0.05) is 41.9 Å². The summed E-state index contributed by atoms with van der Waals surface area (Å²) in [5.41, 5.74) is 4.54. The van der Waals surface area contributed by atoms with Gasteiger partial charge in [-0.15, -0.1) is 0 Å². The second kappa shape index (κ2) is 11.2. The van der Waals surface area contributed by atoms with Crippen LogP contribution in [0.25, 0.3) is 0 Å². The van der Waals surface area contributed by atoms with Crippen LogP contribution >= 0.6 is 27.5 Å². The van der Waals surface area contributed by atoms with Crippen molar-refractivity contribution in [2.24, 2.45) is 5.10 Å². The molecule has 156 valence electrons. The summed E-state index contributed by atoms with van der Waals surface area (Å²) >= 11 is 9.44. The topological polar surface area (TPSA) is 83.7 Å². The molecule has 8 heteroatoms.